The molecule has 0 aromatic carbocycles. The van der Waals surface area contributed by atoms with Crippen molar-refractivity contribution in [3.8, 4) is 0 Å². The second-order valence-corrected chi connectivity index (χ2v) is 12.2. The van der Waals surface area contributed by atoms with Crippen LogP contribution < -0.4 is 10.6 Å². The molecule has 1 aromatic heterocycles. The van der Waals surface area contributed by atoms with E-state index in [0.717, 1.165) is 24.1 Å². The van der Waals surface area contributed by atoms with Gasteiger partial charge >= 0.3 is 0 Å². The average molecular weight is 498 g/mol. The predicted molar refractivity (Wildman–Crippen MR) is 134 cm³/mol. The highest BCUT2D eigenvalue weighted by molar-refractivity contribution is 7.09. The van der Waals surface area contributed by atoms with Gasteiger partial charge in [-0.25, -0.2) is 0 Å². The minimum atomic E-state index is -1.11. The van der Waals surface area contributed by atoms with Crippen LogP contribution in [0.3, 0.4) is 0 Å². The topological polar surface area (TPSA) is 87.7 Å². The zero-order valence-corrected chi connectivity index (χ0v) is 21.5. The van der Waals surface area contributed by atoms with Crippen LogP contribution in [0, 0.1) is 11.8 Å². The Balaban J connectivity index is 1.41. The normalized spacial score (nSPS) is 31.5. The van der Waals surface area contributed by atoms with Crippen LogP contribution >= 0.6 is 11.3 Å². The number of nitrogens with zero attached hydrogens (tertiary/aromatic N) is 1. The molecule has 2 N–H and O–H groups in total. The zero-order valence-electron chi connectivity index (χ0n) is 20.7. The molecule has 7 nitrogen and oxygen atoms in total. The smallest absolute Gasteiger partial charge is 0.246 e. The fraction of sp³-hybridized carbons (Fsp3) is 0.593. The number of hydrogen-bond donors (Lipinski definition) is 2. The van der Waals surface area contributed by atoms with E-state index in [2.05, 4.69) is 16.7 Å². The second kappa shape index (κ2) is 9.21. The summed E-state index contributed by atoms with van der Waals surface area (Å²) in [6.07, 6.45) is 10.7. The average Bonchev–Trinajstić information content (AvgIpc) is 3.57. The largest absolute Gasteiger partial charge is 0.359 e. The first-order chi connectivity index (χ1) is 16.7. The Bertz CT molecular complexity index is 1060. The van der Waals surface area contributed by atoms with Gasteiger partial charge in [0.25, 0.3) is 0 Å². The van der Waals surface area contributed by atoms with E-state index in [1.807, 2.05) is 50.4 Å². The van der Waals surface area contributed by atoms with Crippen LogP contribution in [0.25, 0.3) is 0 Å². The van der Waals surface area contributed by atoms with Gasteiger partial charge in [0.1, 0.15) is 11.6 Å². The van der Waals surface area contributed by atoms with Crippen molar-refractivity contribution in [3.05, 3.63) is 46.2 Å². The van der Waals surface area contributed by atoms with Crippen LogP contribution in [0.2, 0.25) is 0 Å². The number of amides is 3. The molecule has 35 heavy (non-hydrogen) atoms. The minimum absolute atomic E-state index is 0.154. The van der Waals surface area contributed by atoms with E-state index in [1.54, 1.807) is 16.2 Å². The van der Waals surface area contributed by atoms with Gasteiger partial charge in [-0.05, 0) is 64.3 Å². The van der Waals surface area contributed by atoms with Crippen molar-refractivity contribution in [1.82, 2.24) is 15.5 Å². The molecule has 2 fully saturated rings. The number of nitrogens with one attached hydrogen (secondary N) is 2. The highest BCUT2D eigenvalue weighted by Gasteiger charge is 2.72. The molecule has 1 aliphatic carbocycles. The summed E-state index contributed by atoms with van der Waals surface area (Å²) in [5.41, 5.74) is -0.215. The third-order valence-corrected chi connectivity index (χ3v) is 8.38. The van der Waals surface area contributed by atoms with E-state index >= 15 is 0 Å². The number of rotatable bonds is 7. The Labute approximate surface area is 211 Å². The molecular formula is C27H35N3O4S. The number of hydrogen-bond acceptors (Lipinski definition) is 5. The van der Waals surface area contributed by atoms with Gasteiger partial charge in [0.2, 0.25) is 17.7 Å². The van der Waals surface area contributed by atoms with Gasteiger partial charge in [-0.15, -0.1) is 11.3 Å². The van der Waals surface area contributed by atoms with Crippen molar-refractivity contribution < 1.29 is 19.1 Å². The van der Waals surface area contributed by atoms with Crippen LogP contribution in [0.4, 0.5) is 0 Å². The number of likely N-dealkylation sites (tertiary alicyclic amines) is 1. The van der Waals surface area contributed by atoms with Crippen molar-refractivity contribution >= 4 is 29.1 Å². The molecule has 8 heteroatoms. The van der Waals surface area contributed by atoms with E-state index in [1.165, 1.54) is 18.4 Å². The van der Waals surface area contributed by atoms with Gasteiger partial charge < -0.3 is 20.3 Å². The van der Waals surface area contributed by atoms with Crippen molar-refractivity contribution in [2.75, 3.05) is 6.54 Å². The highest BCUT2D eigenvalue weighted by Crippen LogP contribution is 2.55. The molecule has 3 aliphatic heterocycles. The van der Waals surface area contributed by atoms with Crippen LogP contribution in [0.1, 0.15) is 57.8 Å². The van der Waals surface area contributed by atoms with Gasteiger partial charge in [0.05, 0.1) is 24.5 Å². The Morgan fingerprint density at radius 1 is 1.26 bits per heavy atom. The molecule has 1 spiro atoms. The Kier molecular flexibility index (Phi) is 6.38. The zero-order chi connectivity index (χ0) is 24.8. The van der Waals surface area contributed by atoms with Crippen molar-refractivity contribution in [2.45, 2.75) is 82.7 Å². The maximum absolute atomic E-state index is 13.9. The lowest BCUT2D eigenvalue weighted by atomic mass is 9.74. The van der Waals surface area contributed by atoms with Gasteiger partial charge in [0, 0.05) is 17.0 Å². The van der Waals surface area contributed by atoms with Crippen molar-refractivity contribution in [2.24, 2.45) is 11.8 Å². The summed E-state index contributed by atoms with van der Waals surface area (Å²) in [4.78, 5) is 43.6. The summed E-state index contributed by atoms with van der Waals surface area (Å²) in [5, 5.41) is 8.04. The maximum Gasteiger partial charge on any atom is 0.246 e. The molecule has 2 bridgehead atoms. The molecule has 4 aliphatic rings. The molecule has 1 aromatic rings. The van der Waals surface area contributed by atoms with E-state index in [9.17, 15) is 14.4 Å². The molecule has 3 amide bonds. The molecule has 2 saturated heterocycles. The lowest BCUT2D eigenvalue weighted by molar-refractivity contribution is -0.142. The number of thiophene rings is 1. The predicted octanol–water partition coefficient (Wildman–Crippen LogP) is 3.32. The summed E-state index contributed by atoms with van der Waals surface area (Å²) in [5.74, 6) is -1.91. The van der Waals surface area contributed by atoms with E-state index in [-0.39, 0.29) is 17.7 Å². The van der Waals surface area contributed by atoms with E-state index in [0.29, 0.717) is 13.1 Å². The second-order valence-electron chi connectivity index (χ2n) is 11.1. The number of allylic oxidation sites excluding steroid dienone is 1. The molecule has 5 atom stereocenters. The molecule has 0 unspecified atom stereocenters. The molecule has 5 rings (SSSR count). The minimum Gasteiger partial charge on any atom is -0.359 e. The standard InChI is InChI=1S/C27H35N3O4S/c1-26(2,3)29-24(32)22-27-13-11-19(34-27)20(23(31)28-16-18-10-7-15-35-18)21(27)25(33)30(22)14-12-17-8-5-4-6-9-17/h7-8,10-11,13,15,19-22H,4-6,9,12,14,16H2,1-3H3,(H,28,31)(H,29,32)/t19-,20-,21+,22+,27+/m1/s1. The third-order valence-electron chi connectivity index (χ3n) is 7.50. The van der Waals surface area contributed by atoms with E-state index < -0.39 is 35.1 Å². The van der Waals surface area contributed by atoms with Crippen LogP contribution in [-0.2, 0) is 25.7 Å². The summed E-state index contributed by atoms with van der Waals surface area (Å²) in [6.45, 7) is 6.66. The monoisotopic (exact) mass is 497 g/mol. The third kappa shape index (κ3) is 4.47. The maximum atomic E-state index is 13.9. The Morgan fingerprint density at radius 2 is 2.09 bits per heavy atom. The fourth-order valence-corrected chi connectivity index (χ4v) is 6.69. The van der Waals surface area contributed by atoms with E-state index in [4.69, 9.17) is 4.74 Å². The number of carbonyl (C=O) groups is 3. The SMILES string of the molecule is CC(C)(C)NC(=O)[C@@H]1N(CCC2=CCCCC2)C(=O)[C@@H]2[C@H](C(=O)NCc3cccs3)[C@H]3C=C[C@]21O3. The quantitative estimate of drug-likeness (QED) is 0.566. The van der Waals surface area contributed by atoms with Crippen LogP contribution in [0.15, 0.2) is 41.3 Å². The number of ether oxygens (including phenoxy) is 1. The summed E-state index contributed by atoms with van der Waals surface area (Å²) in [6, 6.07) is 3.13. The first-order valence-electron chi connectivity index (χ1n) is 12.7. The number of carbonyl (C=O) groups excluding carboxylic acids is 3. The fourth-order valence-electron chi connectivity index (χ4n) is 6.05. The molecule has 4 heterocycles. The summed E-state index contributed by atoms with van der Waals surface area (Å²) in [7, 11) is 0. The first-order valence-corrected chi connectivity index (χ1v) is 13.6. The Morgan fingerprint density at radius 3 is 2.77 bits per heavy atom. The van der Waals surface area contributed by atoms with Crippen molar-refractivity contribution in [3.63, 3.8) is 0 Å². The van der Waals surface area contributed by atoms with Crippen LogP contribution in [-0.4, -0.2) is 52.5 Å². The number of fused-ring (bicyclic) bond motifs is 1. The van der Waals surface area contributed by atoms with Gasteiger partial charge in [-0.3, -0.25) is 14.4 Å². The lowest BCUT2D eigenvalue weighted by Gasteiger charge is -2.34. The summed E-state index contributed by atoms with van der Waals surface area (Å²) >= 11 is 1.58. The highest BCUT2D eigenvalue weighted by atomic mass is 32.1. The molecule has 0 radical (unpaired) electrons. The van der Waals surface area contributed by atoms with Gasteiger partial charge in [-0.1, -0.05) is 29.9 Å². The van der Waals surface area contributed by atoms with Crippen molar-refractivity contribution in [1.29, 1.82) is 0 Å². The summed E-state index contributed by atoms with van der Waals surface area (Å²) < 4.78 is 6.39. The Hall–Kier alpha value is -2.45. The van der Waals surface area contributed by atoms with Gasteiger partial charge in [0.15, 0.2) is 0 Å². The van der Waals surface area contributed by atoms with Gasteiger partial charge in [-0.2, -0.15) is 0 Å². The molecule has 188 valence electrons. The van der Waals surface area contributed by atoms with Crippen LogP contribution in [0.5, 0.6) is 0 Å². The lowest BCUT2D eigenvalue weighted by Crippen LogP contribution is -2.58. The first kappa shape index (κ1) is 24.3. The molecule has 0 saturated carbocycles. The molecular weight excluding hydrogens is 462 g/mol.